The van der Waals surface area contributed by atoms with Gasteiger partial charge in [-0.1, -0.05) is 11.6 Å². The summed E-state index contributed by atoms with van der Waals surface area (Å²) in [5.74, 6) is -0.970. The third-order valence-corrected chi connectivity index (χ3v) is 2.48. The van der Waals surface area contributed by atoms with Crippen LogP contribution in [0.5, 0.6) is 0 Å². The third kappa shape index (κ3) is 4.15. The van der Waals surface area contributed by atoms with Crippen LogP contribution in [0.4, 0.5) is 4.39 Å². The van der Waals surface area contributed by atoms with Crippen molar-refractivity contribution in [3.63, 3.8) is 0 Å². The Kier molecular flexibility index (Phi) is 4.63. The summed E-state index contributed by atoms with van der Waals surface area (Å²) >= 11 is 5.74. The molecule has 1 amide bonds. The van der Waals surface area contributed by atoms with Gasteiger partial charge in [0, 0.05) is 24.2 Å². The van der Waals surface area contributed by atoms with E-state index in [1.165, 1.54) is 37.1 Å². The highest BCUT2D eigenvalue weighted by Crippen LogP contribution is 2.16. The van der Waals surface area contributed by atoms with E-state index in [1.807, 2.05) is 0 Å². The molecule has 0 unspecified atom stereocenters. The largest absolute Gasteiger partial charge is 0.341 e. The van der Waals surface area contributed by atoms with Crippen molar-refractivity contribution in [2.45, 2.75) is 19.9 Å². The van der Waals surface area contributed by atoms with Gasteiger partial charge in [0.05, 0.1) is 6.42 Å². The van der Waals surface area contributed by atoms with Crippen LogP contribution in [0.15, 0.2) is 18.2 Å². The van der Waals surface area contributed by atoms with Gasteiger partial charge >= 0.3 is 0 Å². The predicted molar refractivity (Wildman–Crippen MR) is 63.2 cm³/mol. The molecular weight excluding hydrogens is 245 g/mol. The minimum absolute atomic E-state index is 0.0957. The van der Waals surface area contributed by atoms with Crippen molar-refractivity contribution in [1.82, 2.24) is 4.90 Å². The van der Waals surface area contributed by atoms with Gasteiger partial charge in [0.1, 0.15) is 11.6 Å². The third-order valence-electron chi connectivity index (χ3n) is 2.24. The standard InChI is InChI=1S/C12H13ClFNO2/c1-8(16)5-12(17)15(2)7-9-6-10(13)3-4-11(9)14/h3-4,6H,5,7H2,1-2H3. The van der Waals surface area contributed by atoms with E-state index < -0.39 is 5.82 Å². The Bertz CT molecular complexity index is 448. The van der Waals surface area contributed by atoms with Gasteiger partial charge < -0.3 is 4.90 Å². The first-order chi connectivity index (χ1) is 7.90. The highest BCUT2D eigenvalue weighted by atomic mass is 35.5. The van der Waals surface area contributed by atoms with Crippen LogP contribution in [0, 0.1) is 5.82 Å². The lowest BCUT2D eigenvalue weighted by atomic mass is 10.2. The molecule has 0 aromatic heterocycles. The zero-order valence-corrected chi connectivity index (χ0v) is 10.4. The minimum Gasteiger partial charge on any atom is -0.341 e. The van der Waals surface area contributed by atoms with Crippen molar-refractivity contribution >= 4 is 23.3 Å². The van der Waals surface area contributed by atoms with E-state index in [4.69, 9.17) is 11.6 Å². The molecule has 0 bridgehead atoms. The number of carbonyl (C=O) groups is 2. The molecule has 0 atom stereocenters. The number of carbonyl (C=O) groups excluding carboxylic acids is 2. The van der Waals surface area contributed by atoms with Gasteiger partial charge in [-0.15, -0.1) is 0 Å². The Labute approximate surface area is 104 Å². The molecule has 0 aliphatic carbocycles. The summed E-state index contributed by atoms with van der Waals surface area (Å²) in [5, 5.41) is 0.411. The van der Waals surface area contributed by atoms with Crippen molar-refractivity contribution in [3.05, 3.63) is 34.6 Å². The monoisotopic (exact) mass is 257 g/mol. The zero-order valence-electron chi connectivity index (χ0n) is 9.67. The molecule has 3 nitrogen and oxygen atoms in total. The summed E-state index contributed by atoms with van der Waals surface area (Å²) < 4.78 is 13.4. The topological polar surface area (TPSA) is 37.4 Å². The van der Waals surface area contributed by atoms with Crippen molar-refractivity contribution < 1.29 is 14.0 Å². The second-order valence-corrected chi connectivity index (χ2v) is 4.30. The number of hydrogen-bond acceptors (Lipinski definition) is 2. The van der Waals surface area contributed by atoms with Gasteiger partial charge in [-0.05, 0) is 25.1 Å². The lowest BCUT2D eigenvalue weighted by Crippen LogP contribution is -2.27. The molecule has 17 heavy (non-hydrogen) atoms. The molecule has 0 N–H and O–H groups in total. The molecule has 92 valence electrons. The number of rotatable bonds is 4. The van der Waals surface area contributed by atoms with Crippen LogP contribution in [-0.2, 0) is 16.1 Å². The van der Waals surface area contributed by atoms with Crippen LogP contribution in [-0.4, -0.2) is 23.6 Å². The summed E-state index contributed by atoms with van der Waals surface area (Å²) in [6, 6.07) is 4.16. The summed E-state index contributed by atoms with van der Waals surface area (Å²) in [4.78, 5) is 23.6. The van der Waals surface area contributed by atoms with Crippen LogP contribution >= 0.6 is 11.6 Å². The first-order valence-corrected chi connectivity index (χ1v) is 5.45. The summed E-state index contributed by atoms with van der Waals surface area (Å²) in [7, 11) is 1.52. The fourth-order valence-electron chi connectivity index (χ4n) is 1.36. The van der Waals surface area contributed by atoms with Crippen LogP contribution in [0.2, 0.25) is 5.02 Å². The van der Waals surface area contributed by atoms with E-state index >= 15 is 0 Å². The Balaban J connectivity index is 2.73. The molecule has 0 saturated carbocycles. The lowest BCUT2D eigenvalue weighted by Gasteiger charge is -2.17. The highest BCUT2D eigenvalue weighted by Gasteiger charge is 2.13. The lowest BCUT2D eigenvalue weighted by molar-refractivity contribution is -0.134. The van der Waals surface area contributed by atoms with Gasteiger partial charge in [0.2, 0.25) is 5.91 Å². The summed E-state index contributed by atoms with van der Waals surface area (Å²) in [6.45, 7) is 1.43. The van der Waals surface area contributed by atoms with Crippen molar-refractivity contribution in [3.8, 4) is 0 Å². The molecule has 0 heterocycles. The van der Waals surface area contributed by atoms with Gasteiger partial charge in [-0.3, -0.25) is 9.59 Å². The first-order valence-electron chi connectivity index (χ1n) is 5.07. The number of nitrogens with zero attached hydrogens (tertiary/aromatic N) is 1. The molecule has 0 fully saturated rings. The first kappa shape index (κ1) is 13.6. The molecule has 5 heteroatoms. The molecule has 1 aromatic carbocycles. The van der Waals surface area contributed by atoms with Crippen LogP contribution in [0.1, 0.15) is 18.9 Å². The van der Waals surface area contributed by atoms with Crippen LogP contribution < -0.4 is 0 Å². The van der Waals surface area contributed by atoms with E-state index in [0.717, 1.165) is 0 Å². The quantitative estimate of drug-likeness (QED) is 0.777. The molecule has 1 rings (SSSR count). The summed E-state index contributed by atoms with van der Waals surface area (Å²) in [5.41, 5.74) is 0.330. The maximum absolute atomic E-state index is 13.4. The zero-order chi connectivity index (χ0) is 13.0. The van der Waals surface area contributed by atoms with Crippen molar-refractivity contribution in [2.75, 3.05) is 7.05 Å². The molecule has 0 aliphatic heterocycles. The van der Waals surface area contributed by atoms with Gasteiger partial charge in [0.15, 0.2) is 0 Å². The van der Waals surface area contributed by atoms with E-state index in [1.54, 1.807) is 0 Å². The van der Waals surface area contributed by atoms with Crippen molar-refractivity contribution in [1.29, 1.82) is 0 Å². The van der Waals surface area contributed by atoms with E-state index in [0.29, 0.717) is 10.6 Å². The summed E-state index contributed by atoms with van der Waals surface area (Å²) in [6.07, 6.45) is -0.168. The van der Waals surface area contributed by atoms with Gasteiger partial charge in [-0.2, -0.15) is 0 Å². The van der Waals surface area contributed by atoms with Crippen molar-refractivity contribution in [2.24, 2.45) is 0 Å². The average Bonchev–Trinajstić information content (AvgIpc) is 2.22. The van der Waals surface area contributed by atoms with Crippen LogP contribution in [0.25, 0.3) is 0 Å². The maximum atomic E-state index is 13.4. The number of benzene rings is 1. The Morgan fingerprint density at radius 2 is 2.06 bits per heavy atom. The second-order valence-electron chi connectivity index (χ2n) is 3.86. The minimum atomic E-state index is -0.420. The van der Waals surface area contributed by atoms with Gasteiger partial charge in [-0.25, -0.2) is 4.39 Å². The Morgan fingerprint density at radius 1 is 1.41 bits per heavy atom. The normalized spacial score (nSPS) is 10.1. The number of hydrogen-bond donors (Lipinski definition) is 0. The van der Waals surface area contributed by atoms with Gasteiger partial charge in [0.25, 0.3) is 0 Å². The van der Waals surface area contributed by atoms with Crippen LogP contribution in [0.3, 0.4) is 0 Å². The maximum Gasteiger partial charge on any atom is 0.230 e. The Morgan fingerprint density at radius 3 is 2.65 bits per heavy atom. The fraction of sp³-hybridized carbons (Fsp3) is 0.333. The fourth-order valence-corrected chi connectivity index (χ4v) is 1.55. The molecule has 0 spiro atoms. The SMILES string of the molecule is CC(=O)CC(=O)N(C)Cc1cc(Cl)ccc1F. The Hall–Kier alpha value is -1.42. The molecular formula is C12H13ClFNO2. The molecule has 0 aliphatic rings. The van der Waals surface area contributed by atoms with E-state index in [2.05, 4.69) is 0 Å². The predicted octanol–water partition coefficient (Wildman–Crippen LogP) is 2.42. The molecule has 0 saturated heterocycles. The highest BCUT2D eigenvalue weighted by molar-refractivity contribution is 6.30. The molecule has 1 aromatic rings. The van der Waals surface area contributed by atoms with E-state index in [9.17, 15) is 14.0 Å². The number of ketones is 1. The number of halogens is 2. The number of Topliss-reactive ketones (excluding diaryl/α,β-unsaturated/α-hetero) is 1. The average molecular weight is 258 g/mol. The molecule has 0 radical (unpaired) electrons. The second kappa shape index (κ2) is 5.77. The smallest absolute Gasteiger partial charge is 0.230 e. The van der Waals surface area contributed by atoms with E-state index in [-0.39, 0.29) is 24.7 Å². The number of amides is 1.